The van der Waals surface area contributed by atoms with Crippen LogP contribution < -0.4 is 28.0 Å². The summed E-state index contributed by atoms with van der Waals surface area (Å²) in [6.45, 7) is 0. The minimum Gasteiger partial charge on any atom is -0.493 e. The Morgan fingerprint density at radius 2 is 1.35 bits per heavy atom. The molecule has 0 saturated heterocycles. The van der Waals surface area contributed by atoms with Crippen molar-refractivity contribution in [1.82, 2.24) is 0 Å². The van der Waals surface area contributed by atoms with Crippen LogP contribution >= 0.6 is 19.4 Å². The van der Waals surface area contributed by atoms with Crippen molar-refractivity contribution in [2.75, 3.05) is 28.4 Å². The van der Waals surface area contributed by atoms with Gasteiger partial charge in [-0.3, -0.25) is 4.89 Å². The van der Waals surface area contributed by atoms with Gasteiger partial charge in [0.25, 0.3) is 0 Å². The van der Waals surface area contributed by atoms with Gasteiger partial charge in [0.1, 0.15) is 5.75 Å². The number of phosphoric acid groups is 1. The highest BCUT2D eigenvalue weighted by molar-refractivity contribution is 7.48. The Hall–Kier alpha value is -3.32. The molecule has 0 spiro atoms. The van der Waals surface area contributed by atoms with Crippen molar-refractivity contribution in [3.63, 3.8) is 0 Å². The molecule has 3 aromatic rings. The maximum Gasteiger partial charge on any atom is 0.585 e. The number of benzene rings is 3. The Morgan fingerprint density at radius 1 is 0.735 bits per heavy atom. The molecular formula is C24H24ClO8P. The zero-order chi connectivity index (χ0) is 24.7. The fourth-order valence-electron chi connectivity index (χ4n) is 3.06. The molecule has 34 heavy (non-hydrogen) atoms. The van der Waals surface area contributed by atoms with Crippen LogP contribution in [0.15, 0.2) is 54.6 Å². The fourth-order valence-corrected chi connectivity index (χ4v) is 4.05. The van der Waals surface area contributed by atoms with Crippen LogP contribution in [0.1, 0.15) is 11.1 Å². The molecular weight excluding hydrogens is 483 g/mol. The van der Waals surface area contributed by atoms with E-state index in [-0.39, 0.29) is 17.2 Å². The van der Waals surface area contributed by atoms with Crippen molar-refractivity contribution < 1.29 is 37.5 Å². The molecule has 1 atom stereocenters. The van der Waals surface area contributed by atoms with E-state index < -0.39 is 7.82 Å². The lowest BCUT2D eigenvalue weighted by Gasteiger charge is -2.16. The van der Waals surface area contributed by atoms with Crippen LogP contribution in [0.2, 0.25) is 5.02 Å². The molecule has 0 amide bonds. The zero-order valence-corrected chi connectivity index (χ0v) is 20.6. The summed E-state index contributed by atoms with van der Waals surface area (Å²) in [6.07, 6.45) is 3.60. The molecule has 1 unspecified atom stereocenters. The van der Waals surface area contributed by atoms with Crippen LogP contribution in [-0.4, -0.2) is 33.3 Å². The highest BCUT2D eigenvalue weighted by Crippen LogP contribution is 2.47. The van der Waals surface area contributed by atoms with Gasteiger partial charge in [-0.1, -0.05) is 35.9 Å². The molecule has 0 heterocycles. The lowest BCUT2D eigenvalue weighted by Crippen LogP contribution is -2.01. The van der Waals surface area contributed by atoms with E-state index in [9.17, 15) is 9.46 Å². The van der Waals surface area contributed by atoms with E-state index in [1.807, 2.05) is 6.08 Å². The van der Waals surface area contributed by atoms with Crippen LogP contribution in [-0.2, 0) is 4.57 Å². The third-order valence-corrected chi connectivity index (χ3v) is 5.68. The number of ether oxygens (including phenoxy) is 4. The molecule has 0 bridgehead atoms. The molecule has 0 aliphatic rings. The first kappa shape index (κ1) is 25.3. The Kier molecular flexibility index (Phi) is 8.34. The van der Waals surface area contributed by atoms with Gasteiger partial charge in [0, 0.05) is 5.02 Å². The molecule has 8 nitrogen and oxygen atoms in total. The van der Waals surface area contributed by atoms with E-state index >= 15 is 0 Å². The van der Waals surface area contributed by atoms with E-state index in [1.165, 1.54) is 40.6 Å². The van der Waals surface area contributed by atoms with E-state index in [0.29, 0.717) is 27.8 Å². The van der Waals surface area contributed by atoms with Gasteiger partial charge in [0.05, 0.1) is 28.4 Å². The van der Waals surface area contributed by atoms with Crippen molar-refractivity contribution >= 4 is 31.6 Å². The second kappa shape index (κ2) is 11.2. The van der Waals surface area contributed by atoms with Crippen LogP contribution in [0.25, 0.3) is 12.2 Å². The predicted molar refractivity (Wildman–Crippen MR) is 131 cm³/mol. The van der Waals surface area contributed by atoms with Gasteiger partial charge < -0.3 is 28.0 Å². The van der Waals surface area contributed by atoms with Gasteiger partial charge in [0.15, 0.2) is 23.0 Å². The molecule has 0 saturated carbocycles. The minimum atomic E-state index is -4.53. The Labute approximate surface area is 202 Å². The van der Waals surface area contributed by atoms with Gasteiger partial charge in [-0.15, -0.1) is 0 Å². The SMILES string of the molecule is COc1ccc(/C=C\c2cc(OC)c(OC)c(OC)c2)cc1OP(=O)(O)Oc1cccc(Cl)c1. The van der Waals surface area contributed by atoms with Gasteiger partial charge in [0.2, 0.25) is 5.75 Å². The number of hydrogen-bond donors (Lipinski definition) is 1. The van der Waals surface area contributed by atoms with Gasteiger partial charge >= 0.3 is 7.82 Å². The quantitative estimate of drug-likeness (QED) is 0.260. The molecule has 0 fully saturated rings. The van der Waals surface area contributed by atoms with Crippen LogP contribution in [0.4, 0.5) is 0 Å². The zero-order valence-electron chi connectivity index (χ0n) is 19.0. The second-order valence-corrected chi connectivity index (χ2v) is 8.55. The Bertz CT molecular complexity index is 1200. The first-order valence-corrected chi connectivity index (χ1v) is 11.8. The summed E-state index contributed by atoms with van der Waals surface area (Å²) >= 11 is 5.90. The van der Waals surface area contributed by atoms with Crippen LogP contribution in [0, 0.1) is 0 Å². The third kappa shape index (κ3) is 6.38. The minimum absolute atomic E-state index is 0.0300. The van der Waals surface area contributed by atoms with Gasteiger partial charge in [-0.2, -0.15) is 0 Å². The van der Waals surface area contributed by atoms with Crippen molar-refractivity contribution in [3.8, 4) is 34.5 Å². The largest absolute Gasteiger partial charge is 0.585 e. The Balaban J connectivity index is 1.86. The smallest absolute Gasteiger partial charge is 0.493 e. The van der Waals surface area contributed by atoms with Crippen molar-refractivity contribution in [2.45, 2.75) is 0 Å². The van der Waals surface area contributed by atoms with E-state index in [4.69, 9.17) is 39.6 Å². The van der Waals surface area contributed by atoms with Crippen molar-refractivity contribution in [1.29, 1.82) is 0 Å². The van der Waals surface area contributed by atoms with Crippen molar-refractivity contribution in [3.05, 3.63) is 70.7 Å². The number of rotatable bonds is 10. The number of hydrogen-bond acceptors (Lipinski definition) is 7. The van der Waals surface area contributed by atoms with Crippen molar-refractivity contribution in [2.24, 2.45) is 0 Å². The first-order valence-electron chi connectivity index (χ1n) is 9.92. The lowest BCUT2D eigenvalue weighted by atomic mass is 10.1. The first-order chi connectivity index (χ1) is 16.3. The molecule has 3 rings (SSSR count). The summed E-state index contributed by atoms with van der Waals surface area (Å²) in [5, 5.41) is 0.356. The summed E-state index contributed by atoms with van der Waals surface area (Å²) in [4.78, 5) is 10.3. The molecule has 1 N–H and O–H groups in total. The fraction of sp³-hybridized carbons (Fsp3) is 0.167. The van der Waals surface area contributed by atoms with E-state index in [1.54, 1.807) is 48.5 Å². The normalized spacial score (nSPS) is 12.6. The molecule has 0 radical (unpaired) electrons. The van der Waals surface area contributed by atoms with Crippen LogP contribution in [0.3, 0.4) is 0 Å². The van der Waals surface area contributed by atoms with E-state index in [0.717, 1.165) is 5.56 Å². The standard InChI is InChI=1S/C24H24ClO8P/c1-28-20-11-10-16(8-9-17-13-22(29-2)24(31-4)23(14-17)30-3)12-21(20)33-34(26,27)32-19-7-5-6-18(25)15-19/h5-15H,1-4H3,(H,26,27)/b9-8-. The van der Waals surface area contributed by atoms with E-state index in [2.05, 4.69) is 0 Å². The molecule has 10 heteroatoms. The maximum absolute atomic E-state index is 12.6. The molecule has 3 aromatic carbocycles. The van der Waals surface area contributed by atoms with Gasteiger partial charge in [-0.25, -0.2) is 4.57 Å². The average Bonchev–Trinajstić information content (AvgIpc) is 2.81. The number of halogens is 1. The predicted octanol–water partition coefficient (Wildman–Crippen LogP) is 6.10. The lowest BCUT2D eigenvalue weighted by molar-refractivity contribution is 0.283. The summed E-state index contributed by atoms with van der Waals surface area (Å²) in [7, 11) is 1.50. The van der Waals surface area contributed by atoms with Gasteiger partial charge in [-0.05, 0) is 53.6 Å². The topological polar surface area (TPSA) is 92.7 Å². The summed E-state index contributed by atoms with van der Waals surface area (Å²) in [5.41, 5.74) is 1.46. The molecule has 180 valence electrons. The summed E-state index contributed by atoms with van der Waals surface area (Å²) in [5.74, 6) is 1.90. The monoisotopic (exact) mass is 506 g/mol. The Morgan fingerprint density at radius 3 is 1.94 bits per heavy atom. The molecule has 0 aliphatic carbocycles. The van der Waals surface area contributed by atoms with Crippen LogP contribution in [0.5, 0.6) is 34.5 Å². The molecule has 0 aliphatic heterocycles. The molecule has 0 aromatic heterocycles. The highest BCUT2D eigenvalue weighted by atomic mass is 35.5. The third-order valence-electron chi connectivity index (χ3n) is 4.57. The number of methoxy groups -OCH3 is 4. The number of phosphoric ester groups is 1. The average molecular weight is 507 g/mol. The summed E-state index contributed by atoms with van der Waals surface area (Å²) in [6, 6.07) is 14.6. The summed E-state index contributed by atoms with van der Waals surface area (Å²) < 4.78 is 44.3. The second-order valence-electron chi connectivity index (χ2n) is 6.81. The highest BCUT2D eigenvalue weighted by Gasteiger charge is 2.27. The maximum atomic E-state index is 12.6.